The van der Waals surface area contributed by atoms with Gasteiger partial charge >= 0.3 is 6.01 Å². The van der Waals surface area contributed by atoms with Crippen LogP contribution in [0.15, 0.2) is 22.6 Å². The first kappa shape index (κ1) is 10.8. The molecule has 1 heterocycles. The van der Waals surface area contributed by atoms with Crippen LogP contribution >= 0.6 is 11.6 Å². The van der Waals surface area contributed by atoms with Gasteiger partial charge in [-0.05, 0) is 18.2 Å². The van der Waals surface area contributed by atoms with Gasteiger partial charge in [-0.1, -0.05) is 16.7 Å². The molecule has 1 aromatic carbocycles. The Balaban J connectivity index is 2.20. The van der Waals surface area contributed by atoms with Gasteiger partial charge in [-0.3, -0.25) is 0 Å². The molecule has 0 aliphatic rings. The largest absolute Gasteiger partial charge is 0.406 e. The fourth-order valence-electron chi connectivity index (χ4n) is 1.09. The molecule has 0 unspecified atom stereocenters. The summed E-state index contributed by atoms with van der Waals surface area (Å²) in [6.07, 6.45) is 0. The molecule has 0 amide bonds. The van der Waals surface area contributed by atoms with Crippen LogP contribution in [0.4, 0.5) is 16.1 Å². The Labute approximate surface area is 95.4 Å². The van der Waals surface area contributed by atoms with Crippen LogP contribution in [0.2, 0.25) is 5.02 Å². The Morgan fingerprint density at radius 2 is 2.25 bits per heavy atom. The average molecular weight is 243 g/mol. The number of aromatic nitrogens is 2. The van der Waals surface area contributed by atoms with E-state index in [9.17, 15) is 4.39 Å². The van der Waals surface area contributed by atoms with Gasteiger partial charge in [0.2, 0.25) is 5.89 Å². The van der Waals surface area contributed by atoms with Gasteiger partial charge < -0.3 is 15.5 Å². The van der Waals surface area contributed by atoms with E-state index in [0.717, 1.165) is 0 Å². The van der Waals surface area contributed by atoms with Crippen molar-refractivity contribution in [1.29, 1.82) is 0 Å². The van der Waals surface area contributed by atoms with Gasteiger partial charge in [0.25, 0.3) is 0 Å². The van der Waals surface area contributed by atoms with Crippen molar-refractivity contribution >= 4 is 23.3 Å². The van der Waals surface area contributed by atoms with Gasteiger partial charge in [-0.2, -0.15) is 0 Å². The Morgan fingerprint density at radius 1 is 1.44 bits per heavy atom. The summed E-state index contributed by atoms with van der Waals surface area (Å²) in [6, 6.07) is 4.09. The van der Waals surface area contributed by atoms with Crippen LogP contribution in [0.3, 0.4) is 0 Å². The Morgan fingerprint density at radius 3 is 2.88 bits per heavy atom. The monoisotopic (exact) mass is 242 g/mol. The summed E-state index contributed by atoms with van der Waals surface area (Å²) in [5.41, 5.74) is 5.79. The zero-order valence-electron chi connectivity index (χ0n) is 8.08. The number of nitrogens with two attached hydrogens (primary N) is 1. The molecule has 0 radical (unpaired) electrons. The van der Waals surface area contributed by atoms with Gasteiger partial charge in [0.15, 0.2) is 0 Å². The number of halogens is 2. The van der Waals surface area contributed by atoms with Crippen molar-refractivity contribution in [2.45, 2.75) is 6.54 Å². The van der Waals surface area contributed by atoms with Gasteiger partial charge in [-0.25, -0.2) is 4.39 Å². The van der Waals surface area contributed by atoms with Crippen LogP contribution in [-0.4, -0.2) is 10.2 Å². The summed E-state index contributed by atoms with van der Waals surface area (Å²) in [5, 5.41) is 10.3. The van der Waals surface area contributed by atoms with E-state index in [1.54, 1.807) is 0 Å². The molecule has 0 saturated heterocycles. The topological polar surface area (TPSA) is 77.0 Å². The third-order valence-electron chi connectivity index (χ3n) is 1.81. The van der Waals surface area contributed by atoms with Crippen LogP contribution in [0, 0.1) is 5.82 Å². The van der Waals surface area contributed by atoms with E-state index in [4.69, 9.17) is 21.8 Å². The summed E-state index contributed by atoms with van der Waals surface area (Å²) in [5.74, 6) is -0.107. The average Bonchev–Trinajstić information content (AvgIpc) is 2.70. The van der Waals surface area contributed by atoms with E-state index in [0.29, 0.717) is 11.6 Å². The lowest BCUT2D eigenvalue weighted by molar-refractivity contribution is 0.511. The first-order chi connectivity index (χ1) is 7.69. The summed E-state index contributed by atoms with van der Waals surface area (Å²) in [6.45, 7) is 0.159. The second-order valence-corrected chi connectivity index (χ2v) is 3.36. The molecular formula is C9H8ClFN4O. The van der Waals surface area contributed by atoms with Crippen molar-refractivity contribution in [2.24, 2.45) is 5.73 Å². The van der Waals surface area contributed by atoms with Crippen molar-refractivity contribution in [3.8, 4) is 0 Å². The molecular weight excluding hydrogens is 235 g/mol. The van der Waals surface area contributed by atoms with E-state index >= 15 is 0 Å². The van der Waals surface area contributed by atoms with Crippen LogP contribution in [0.5, 0.6) is 0 Å². The number of nitrogens with zero attached hydrogens (tertiary/aromatic N) is 2. The molecule has 5 nitrogen and oxygen atoms in total. The van der Waals surface area contributed by atoms with Crippen molar-refractivity contribution in [1.82, 2.24) is 10.2 Å². The van der Waals surface area contributed by atoms with Crippen LogP contribution in [0.25, 0.3) is 0 Å². The molecule has 84 valence electrons. The summed E-state index contributed by atoms with van der Waals surface area (Å²) < 4.78 is 17.9. The van der Waals surface area contributed by atoms with E-state index < -0.39 is 5.82 Å². The standard InChI is InChI=1S/C9H8ClFN4O/c10-6-3-5(11)1-2-7(6)13-9-15-14-8(4-12)16-9/h1-3H,4,12H2,(H,13,15). The molecule has 0 aliphatic heterocycles. The summed E-state index contributed by atoms with van der Waals surface area (Å²) in [4.78, 5) is 0. The molecule has 0 fully saturated rings. The van der Waals surface area contributed by atoms with Gasteiger partial charge in [-0.15, -0.1) is 5.10 Å². The smallest absolute Gasteiger partial charge is 0.320 e. The van der Waals surface area contributed by atoms with Gasteiger partial charge in [0, 0.05) is 0 Å². The van der Waals surface area contributed by atoms with Crippen LogP contribution in [-0.2, 0) is 6.54 Å². The molecule has 2 aromatic rings. The van der Waals surface area contributed by atoms with E-state index in [-0.39, 0.29) is 17.6 Å². The van der Waals surface area contributed by atoms with Crippen LogP contribution in [0.1, 0.15) is 5.89 Å². The molecule has 1 aromatic heterocycles. The molecule has 7 heteroatoms. The SMILES string of the molecule is NCc1nnc(Nc2ccc(F)cc2Cl)o1. The highest BCUT2D eigenvalue weighted by atomic mass is 35.5. The number of hydrogen-bond donors (Lipinski definition) is 2. The fourth-order valence-corrected chi connectivity index (χ4v) is 1.31. The predicted molar refractivity (Wildman–Crippen MR) is 56.9 cm³/mol. The number of benzene rings is 1. The summed E-state index contributed by atoms with van der Waals surface area (Å²) in [7, 11) is 0. The van der Waals surface area contributed by atoms with Crippen molar-refractivity contribution in [3.63, 3.8) is 0 Å². The molecule has 0 saturated carbocycles. The Kier molecular flexibility index (Phi) is 3.02. The van der Waals surface area contributed by atoms with Crippen molar-refractivity contribution in [3.05, 3.63) is 34.9 Å². The maximum atomic E-state index is 12.8. The van der Waals surface area contributed by atoms with E-state index in [1.807, 2.05) is 0 Å². The molecule has 3 N–H and O–H groups in total. The van der Waals surface area contributed by atoms with Crippen molar-refractivity contribution in [2.75, 3.05) is 5.32 Å². The zero-order chi connectivity index (χ0) is 11.5. The van der Waals surface area contributed by atoms with Gasteiger partial charge in [0.05, 0.1) is 17.3 Å². The van der Waals surface area contributed by atoms with Crippen LogP contribution < -0.4 is 11.1 Å². The lowest BCUT2D eigenvalue weighted by atomic mass is 10.3. The quantitative estimate of drug-likeness (QED) is 0.862. The Hall–Kier alpha value is -1.66. The third kappa shape index (κ3) is 2.29. The second-order valence-electron chi connectivity index (χ2n) is 2.95. The fraction of sp³-hybridized carbons (Fsp3) is 0.111. The third-order valence-corrected chi connectivity index (χ3v) is 2.13. The zero-order valence-corrected chi connectivity index (χ0v) is 8.83. The normalized spacial score (nSPS) is 10.4. The minimum atomic E-state index is -0.413. The molecule has 16 heavy (non-hydrogen) atoms. The van der Waals surface area contributed by atoms with E-state index in [1.165, 1.54) is 18.2 Å². The van der Waals surface area contributed by atoms with Gasteiger partial charge in [0.1, 0.15) is 5.82 Å². The Bertz CT molecular complexity index is 502. The minimum absolute atomic E-state index is 0.159. The first-order valence-electron chi connectivity index (χ1n) is 4.43. The highest BCUT2D eigenvalue weighted by molar-refractivity contribution is 6.33. The highest BCUT2D eigenvalue weighted by Crippen LogP contribution is 2.25. The predicted octanol–water partition coefficient (Wildman–Crippen LogP) is 2.06. The minimum Gasteiger partial charge on any atom is -0.406 e. The molecule has 0 atom stereocenters. The maximum Gasteiger partial charge on any atom is 0.320 e. The molecule has 0 aliphatic carbocycles. The molecule has 0 spiro atoms. The van der Waals surface area contributed by atoms with Crippen molar-refractivity contribution < 1.29 is 8.81 Å². The number of nitrogens with one attached hydrogen (secondary N) is 1. The summed E-state index contributed by atoms with van der Waals surface area (Å²) >= 11 is 5.80. The molecule has 2 rings (SSSR count). The second kappa shape index (κ2) is 4.46. The lowest BCUT2D eigenvalue weighted by Crippen LogP contribution is -1.95. The maximum absolute atomic E-state index is 12.8. The number of hydrogen-bond acceptors (Lipinski definition) is 5. The number of rotatable bonds is 3. The molecule has 0 bridgehead atoms. The van der Waals surface area contributed by atoms with E-state index in [2.05, 4.69) is 15.5 Å². The highest BCUT2D eigenvalue weighted by Gasteiger charge is 2.07. The first-order valence-corrected chi connectivity index (χ1v) is 4.81. The number of anilines is 2. The lowest BCUT2D eigenvalue weighted by Gasteiger charge is -2.03.